The molecule has 5 nitrogen and oxygen atoms in total. The van der Waals surface area contributed by atoms with Crippen LogP contribution in [0.4, 0.5) is 0 Å². The van der Waals surface area contributed by atoms with Crippen molar-refractivity contribution in [2.24, 2.45) is 0 Å². The van der Waals surface area contributed by atoms with Gasteiger partial charge in [-0.2, -0.15) is 0 Å². The second-order valence-electron chi connectivity index (χ2n) is 6.31. The highest BCUT2D eigenvalue weighted by Crippen LogP contribution is 2.36. The zero-order chi connectivity index (χ0) is 17.3. The highest BCUT2D eigenvalue weighted by atomic mass is 32.1. The van der Waals surface area contributed by atoms with Crippen LogP contribution < -0.4 is 5.32 Å². The first-order chi connectivity index (χ1) is 11.4. The third kappa shape index (κ3) is 3.07. The molecule has 24 heavy (non-hydrogen) atoms. The molecule has 0 aliphatic carbocycles. The number of aliphatic hydroxyl groups is 1. The van der Waals surface area contributed by atoms with E-state index >= 15 is 0 Å². The minimum atomic E-state index is -0.549. The molecule has 0 saturated carbocycles. The van der Waals surface area contributed by atoms with E-state index in [-0.39, 0.29) is 18.5 Å². The number of carbonyl (C=O) groups excluding carboxylic acids is 1. The summed E-state index contributed by atoms with van der Waals surface area (Å²) in [7, 11) is 1.61. The first kappa shape index (κ1) is 16.7. The van der Waals surface area contributed by atoms with Gasteiger partial charge in [0.2, 0.25) is 5.91 Å². The minimum absolute atomic E-state index is 0.0545. The fourth-order valence-corrected chi connectivity index (χ4v) is 3.93. The number of benzene rings is 1. The summed E-state index contributed by atoms with van der Waals surface area (Å²) in [5.41, 5.74) is 2.74. The summed E-state index contributed by atoms with van der Waals surface area (Å²) in [6, 6.07) is 10.2. The molecular formula is C18H21N3O2S. The molecule has 0 unspecified atom stereocenters. The average molecular weight is 343 g/mol. The van der Waals surface area contributed by atoms with Crippen LogP contribution in [-0.4, -0.2) is 35.5 Å². The molecule has 2 heterocycles. The molecule has 0 radical (unpaired) electrons. The average Bonchev–Trinajstić information content (AvgIpc) is 3.04. The van der Waals surface area contributed by atoms with Crippen molar-refractivity contribution in [3.8, 4) is 11.1 Å². The number of carbonyl (C=O) groups is 1. The number of aliphatic hydroxyl groups excluding tert-OH is 1. The number of amides is 1. The summed E-state index contributed by atoms with van der Waals surface area (Å²) >= 11 is 1.59. The van der Waals surface area contributed by atoms with Crippen LogP contribution in [0.15, 0.2) is 35.7 Å². The number of hydrogen-bond acceptors (Lipinski definition) is 4. The van der Waals surface area contributed by atoms with Gasteiger partial charge in [-0.15, -0.1) is 11.3 Å². The van der Waals surface area contributed by atoms with E-state index in [1.165, 1.54) is 4.90 Å². The third-order valence-electron chi connectivity index (χ3n) is 4.41. The fraction of sp³-hybridized carbons (Fsp3) is 0.333. The first-order valence-electron chi connectivity index (χ1n) is 7.85. The molecule has 1 atom stereocenters. The Morgan fingerprint density at radius 2 is 2.17 bits per heavy atom. The number of thiophene rings is 1. The SMILES string of the molecule is CN1C(=N)N[C@](C)(c2cc(-c3cccc(CCO)c3)cs2)CC1=O. The van der Waals surface area contributed by atoms with Gasteiger partial charge in [-0.05, 0) is 41.5 Å². The summed E-state index contributed by atoms with van der Waals surface area (Å²) < 4.78 is 0. The van der Waals surface area contributed by atoms with E-state index < -0.39 is 5.54 Å². The Labute approximate surface area is 145 Å². The molecule has 1 amide bonds. The molecule has 126 valence electrons. The standard InChI is InChI=1S/C18H21N3O2S/c1-18(10-16(23)21(2)17(19)20-18)15-9-14(11-24-15)13-5-3-4-12(8-13)6-7-22/h3-5,8-9,11,22H,6-7,10H2,1-2H3,(H2,19,20)/t18-/m0/s1. The number of guanidine groups is 1. The Hall–Kier alpha value is -2.18. The highest BCUT2D eigenvalue weighted by molar-refractivity contribution is 7.10. The van der Waals surface area contributed by atoms with Gasteiger partial charge in [-0.3, -0.25) is 15.1 Å². The lowest BCUT2D eigenvalue weighted by Crippen LogP contribution is -2.57. The van der Waals surface area contributed by atoms with Crippen molar-refractivity contribution in [2.75, 3.05) is 13.7 Å². The van der Waals surface area contributed by atoms with Crippen LogP contribution in [0.1, 0.15) is 23.8 Å². The van der Waals surface area contributed by atoms with Crippen molar-refractivity contribution < 1.29 is 9.90 Å². The lowest BCUT2D eigenvalue weighted by atomic mass is 9.92. The number of nitrogens with one attached hydrogen (secondary N) is 2. The maximum Gasteiger partial charge on any atom is 0.231 e. The second-order valence-corrected chi connectivity index (χ2v) is 7.22. The zero-order valence-corrected chi connectivity index (χ0v) is 14.6. The molecule has 2 aromatic rings. The van der Waals surface area contributed by atoms with Crippen molar-refractivity contribution in [3.63, 3.8) is 0 Å². The normalized spacial score (nSPS) is 21.0. The number of rotatable bonds is 4. The molecule has 0 bridgehead atoms. The zero-order valence-electron chi connectivity index (χ0n) is 13.8. The smallest absolute Gasteiger partial charge is 0.231 e. The maximum absolute atomic E-state index is 12.1. The lowest BCUT2D eigenvalue weighted by Gasteiger charge is -2.38. The van der Waals surface area contributed by atoms with Crippen LogP contribution in [0.25, 0.3) is 11.1 Å². The molecule has 3 N–H and O–H groups in total. The van der Waals surface area contributed by atoms with Crippen LogP contribution in [0.2, 0.25) is 0 Å². The molecule has 1 aliphatic rings. The molecular weight excluding hydrogens is 322 g/mol. The Bertz CT molecular complexity index is 766. The van der Waals surface area contributed by atoms with E-state index in [1.54, 1.807) is 18.4 Å². The molecule has 1 aliphatic heterocycles. The van der Waals surface area contributed by atoms with Gasteiger partial charge in [0.25, 0.3) is 0 Å². The molecule has 6 heteroatoms. The van der Waals surface area contributed by atoms with Crippen LogP contribution in [0.3, 0.4) is 0 Å². The number of hydrogen-bond donors (Lipinski definition) is 3. The third-order valence-corrected chi connectivity index (χ3v) is 5.61. The first-order valence-corrected chi connectivity index (χ1v) is 8.73. The maximum atomic E-state index is 12.1. The van der Waals surface area contributed by atoms with E-state index in [4.69, 9.17) is 10.5 Å². The van der Waals surface area contributed by atoms with Crippen molar-refractivity contribution >= 4 is 23.2 Å². The van der Waals surface area contributed by atoms with Crippen LogP contribution in [-0.2, 0) is 16.8 Å². The summed E-state index contributed by atoms with van der Waals surface area (Å²) in [4.78, 5) is 14.5. The van der Waals surface area contributed by atoms with Crippen LogP contribution in [0.5, 0.6) is 0 Å². The Balaban J connectivity index is 1.89. The molecule has 3 rings (SSSR count). The van der Waals surface area contributed by atoms with Gasteiger partial charge in [0.15, 0.2) is 5.96 Å². The lowest BCUT2D eigenvalue weighted by molar-refractivity contribution is -0.129. The Morgan fingerprint density at radius 3 is 2.88 bits per heavy atom. The van der Waals surface area contributed by atoms with Gasteiger partial charge in [0.1, 0.15) is 0 Å². The summed E-state index contributed by atoms with van der Waals surface area (Å²) in [5, 5.41) is 22.3. The number of nitrogens with zero attached hydrogens (tertiary/aromatic N) is 1. The topological polar surface area (TPSA) is 76.4 Å². The van der Waals surface area contributed by atoms with Crippen LogP contribution in [0, 0.1) is 5.41 Å². The van der Waals surface area contributed by atoms with Gasteiger partial charge in [-0.25, -0.2) is 0 Å². The van der Waals surface area contributed by atoms with Gasteiger partial charge in [-0.1, -0.05) is 24.3 Å². The predicted molar refractivity (Wildman–Crippen MR) is 96.1 cm³/mol. The van der Waals surface area contributed by atoms with E-state index in [2.05, 4.69) is 22.8 Å². The van der Waals surface area contributed by atoms with Crippen LogP contribution >= 0.6 is 11.3 Å². The minimum Gasteiger partial charge on any atom is -0.396 e. The molecule has 0 spiro atoms. The summed E-state index contributed by atoms with van der Waals surface area (Å²) in [6.45, 7) is 2.10. The van der Waals surface area contributed by atoms with E-state index in [0.29, 0.717) is 12.8 Å². The van der Waals surface area contributed by atoms with Gasteiger partial charge in [0, 0.05) is 18.5 Å². The molecule has 1 aromatic carbocycles. The summed E-state index contributed by atoms with van der Waals surface area (Å²) in [6.07, 6.45) is 0.971. The van der Waals surface area contributed by atoms with Crippen molar-refractivity contribution in [3.05, 3.63) is 46.2 Å². The monoisotopic (exact) mass is 343 g/mol. The van der Waals surface area contributed by atoms with Gasteiger partial charge >= 0.3 is 0 Å². The van der Waals surface area contributed by atoms with E-state index in [9.17, 15) is 4.79 Å². The van der Waals surface area contributed by atoms with Gasteiger partial charge in [0.05, 0.1) is 12.0 Å². The fourth-order valence-electron chi connectivity index (χ4n) is 2.90. The van der Waals surface area contributed by atoms with E-state index in [0.717, 1.165) is 21.6 Å². The Morgan fingerprint density at radius 1 is 1.38 bits per heavy atom. The Kier molecular flexibility index (Phi) is 4.43. The van der Waals surface area contributed by atoms with E-state index in [1.807, 2.05) is 25.1 Å². The predicted octanol–water partition coefficient (Wildman–Crippen LogP) is 2.55. The summed E-state index contributed by atoms with van der Waals surface area (Å²) in [5.74, 6) is 0.0785. The quantitative estimate of drug-likeness (QED) is 0.798. The van der Waals surface area contributed by atoms with Crippen molar-refractivity contribution in [1.82, 2.24) is 10.2 Å². The highest BCUT2D eigenvalue weighted by Gasteiger charge is 2.38. The molecule has 1 fully saturated rings. The largest absolute Gasteiger partial charge is 0.396 e. The van der Waals surface area contributed by atoms with Crippen molar-refractivity contribution in [2.45, 2.75) is 25.3 Å². The second kappa shape index (κ2) is 6.37. The molecule has 1 aromatic heterocycles. The van der Waals surface area contributed by atoms with Gasteiger partial charge < -0.3 is 10.4 Å². The molecule has 1 saturated heterocycles. The van der Waals surface area contributed by atoms with Crippen molar-refractivity contribution in [1.29, 1.82) is 5.41 Å².